The fourth-order valence-corrected chi connectivity index (χ4v) is 3.46. The van der Waals surface area contributed by atoms with Crippen LogP contribution < -0.4 is 5.32 Å². The molecule has 2 aliphatic rings. The minimum Gasteiger partial charge on any atom is -0.378 e. The highest BCUT2D eigenvalue weighted by Gasteiger charge is 2.39. The van der Waals surface area contributed by atoms with E-state index in [1.807, 2.05) is 0 Å². The highest BCUT2D eigenvalue weighted by molar-refractivity contribution is 6.33. The Kier molecular flexibility index (Phi) is 2.55. The lowest BCUT2D eigenvalue weighted by atomic mass is 9.95. The molecular formula is C13H15ClFN. The Labute approximate surface area is 100.0 Å². The summed E-state index contributed by atoms with van der Waals surface area (Å²) < 4.78 is 13.6. The van der Waals surface area contributed by atoms with Crippen molar-refractivity contribution in [1.82, 2.24) is 0 Å². The van der Waals surface area contributed by atoms with Crippen molar-refractivity contribution < 1.29 is 4.39 Å². The Morgan fingerprint density at radius 2 is 2.12 bits per heavy atom. The van der Waals surface area contributed by atoms with Gasteiger partial charge in [0.1, 0.15) is 5.82 Å². The quantitative estimate of drug-likeness (QED) is 0.820. The van der Waals surface area contributed by atoms with Gasteiger partial charge in [-0.3, -0.25) is 0 Å². The lowest BCUT2D eigenvalue weighted by Crippen LogP contribution is -2.26. The number of fused-ring (bicyclic) bond motifs is 2. The Hall–Kier alpha value is -0.760. The first-order valence-corrected chi connectivity index (χ1v) is 6.32. The molecule has 0 radical (unpaired) electrons. The maximum Gasteiger partial charge on any atom is 0.147 e. The lowest BCUT2D eigenvalue weighted by molar-refractivity contribution is 0.438. The van der Waals surface area contributed by atoms with E-state index in [-0.39, 0.29) is 5.82 Å². The van der Waals surface area contributed by atoms with Gasteiger partial charge in [0.25, 0.3) is 0 Å². The zero-order valence-electron chi connectivity index (χ0n) is 9.05. The van der Waals surface area contributed by atoms with Gasteiger partial charge in [0.05, 0.1) is 10.7 Å². The van der Waals surface area contributed by atoms with Crippen LogP contribution in [-0.4, -0.2) is 6.04 Å². The van der Waals surface area contributed by atoms with Crippen molar-refractivity contribution >= 4 is 17.3 Å². The molecule has 0 aromatic heterocycles. The lowest BCUT2D eigenvalue weighted by Gasteiger charge is -2.24. The first-order valence-electron chi connectivity index (χ1n) is 5.94. The fourth-order valence-electron chi connectivity index (χ4n) is 3.24. The number of rotatable bonds is 2. The zero-order valence-corrected chi connectivity index (χ0v) is 9.80. The van der Waals surface area contributed by atoms with Gasteiger partial charge in [-0.25, -0.2) is 4.39 Å². The maximum absolute atomic E-state index is 13.6. The molecule has 0 heterocycles. The SMILES string of the molecule is Fc1cccc(Cl)c1NC1CC2CCC1C2. The maximum atomic E-state index is 13.6. The molecule has 0 saturated heterocycles. The van der Waals surface area contributed by atoms with E-state index in [0.717, 1.165) is 11.8 Å². The molecule has 0 aliphatic heterocycles. The van der Waals surface area contributed by atoms with Crippen molar-refractivity contribution in [3.63, 3.8) is 0 Å². The van der Waals surface area contributed by atoms with Gasteiger partial charge in [0.2, 0.25) is 0 Å². The Balaban J connectivity index is 1.79. The summed E-state index contributed by atoms with van der Waals surface area (Å²) in [7, 11) is 0. The smallest absolute Gasteiger partial charge is 0.147 e. The van der Waals surface area contributed by atoms with E-state index in [2.05, 4.69) is 5.32 Å². The summed E-state index contributed by atoms with van der Waals surface area (Å²) in [5, 5.41) is 3.79. The van der Waals surface area contributed by atoms with Crippen molar-refractivity contribution in [2.75, 3.05) is 5.32 Å². The average Bonchev–Trinajstić information content (AvgIpc) is 2.85. The van der Waals surface area contributed by atoms with E-state index in [1.54, 1.807) is 12.1 Å². The molecule has 0 amide bonds. The van der Waals surface area contributed by atoms with Crippen LogP contribution in [0.3, 0.4) is 0 Å². The highest BCUT2D eigenvalue weighted by atomic mass is 35.5. The van der Waals surface area contributed by atoms with Gasteiger partial charge in [-0.05, 0) is 43.2 Å². The Bertz CT molecular complexity index is 387. The van der Waals surface area contributed by atoms with Gasteiger partial charge in [-0.2, -0.15) is 0 Å². The predicted molar refractivity (Wildman–Crippen MR) is 64.3 cm³/mol. The standard InChI is InChI=1S/C13H15ClFN/c14-10-2-1-3-11(15)13(10)16-12-7-8-4-5-9(12)6-8/h1-3,8-9,12,16H,4-7H2. The third-order valence-electron chi connectivity index (χ3n) is 4.03. The van der Waals surface area contributed by atoms with Crippen molar-refractivity contribution in [2.24, 2.45) is 11.8 Å². The Morgan fingerprint density at radius 1 is 1.25 bits per heavy atom. The van der Waals surface area contributed by atoms with E-state index in [4.69, 9.17) is 11.6 Å². The molecule has 1 aromatic rings. The summed E-state index contributed by atoms with van der Waals surface area (Å²) in [5.74, 6) is 1.34. The predicted octanol–water partition coefficient (Wildman–Crippen LogP) is 4.08. The first-order chi connectivity index (χ1) is 7.74. The van der Waals surface area contributed by atoms with Crippen LogP contribution in [0.2, 0.25) is 5.02 Å². The summed E-state index contributed by atoms with van der Waals surface area (Å²) in [6.07, 6.45) is 5.13. The van der Waals surface area contributed by atoms with Gasteiger partial charge in [0, 0.05) is 6.04 Å². The first kappa shape index (κ1) is 10.4. The zero-order chi connectivity index (χ0) is 11.1. The van der Waals surface area contributed by atoms with Gasteiger partial charge in [-0.1, -0.05) is 24.1 Å². The van der Waals surface area contributed by atoms with E-state index in [1.165, 1.54) is 31.7 Å². The molecule has 1 nitrogen and oxygen atoms in total. The third kappa shape index (κ3) is 1.69. The van der Waals surface area contributed by atoms with Crippen LogP contribution in [0.25, 0.3) is 0 Å². The van der Waals surface area contributed by atoms with Crippen LogP contribution >= 0.6 is 11.6 Å². The van der Waals surface area contributed by atoms with E-state index >= 15 is 0 Å². The molecule has 2 bridgehead atoms. The number of halogens is 2. The molecule has 2 aliphatic carbocycles. The molecule has 3 unspecified atom stereocenters. The van der Waals surface area contributed by atoms with Crippen molar-refractivity contribution in [3.8, 4) is 0 Å². The summed E-state index contributed by atoms with van der Waals surface area (Å²) in [6, 6.07) is 5.26. The van der Waals surface area contributed by atoms with Crippen molar-refractivity contribution in [3.05, 3.63) is 29.0 Å². The monoisotopic (exact) mass is 239 g/mol. The van der Waals surface area contributed by atoms with Crippen LogP contribution in [0.4, 0.5) is 10.1 Å². The highest BCUT2D eigenvalue weighted by Crippen LogP contribution is 2.46. The molecular weight excluding hydrogens is 225 g/mol. The van der Waals surface area contributed by atoms with Crippen LogP contribution in [0.15, 0.2) is 18.2 Å². The third-order valence-corrected chi connectivity index (χ3v) is 4.35. The minimum absolute atomic E-state index is 0.240. The molecule has 1 aromatic carbocycles. The van der Waals surface area contributed by atoms with Crippen molar-refractivity contribution in [1.29, 1.82) is 0 Å². The number of hydrogen-bond acceptors (Lipinski definition) is 1. The summed E-state index contributed by atoms with van der Waals surface area (Å²) >= 11 is 6.01. The molecule has 2 saturated carbocycles. The van der Waals surface area contributed by atoms with Gasteiger partial charge < -0.3 is 5.32 Å². The molecule has 2 fully saturated rings. The normalized spacial score (nSPS) is 32.0. The average molecular weight is 240 g/mol. The van der Waals surface area contributed by atoms with E-state index in [0.29, 0.717) is 16.8 Å². The van der Waals surface area contributed by atoms with Crippen LogP contribution in [-0.2, 0) is 0 Å². The van der Waals surface area contributed by atoms with E-state index < -0.39 is 0 Å². The topological polar surface area (TPSA) is 12.0 Å². The summed E-state index contributed by atoms with van der Waals surface area (Å²) in [5.41, 5.74) is 0.488. The minimum atomic E-state index is -0.240. The fraction of sp³-hybridized carbons (Fsp3) is 0.538. The summed E-state index contributed by atoms with van der Waals surface area (Å²) in [4.78, 5) is 0. The second-order valence-electron chi connectivity index (χ2n) is 5.02. The van der Waals surface area contributed by atoms with Crippen LogP contribution in [0.1, 0.15) is 25.7 Å². The van der Waals surface area contributed by atoms with Crippen molar-refractivity contribution in [2.45, 2.75) is 31.7 Å². The van der Waals surface area contributed by atoms with Crippen LogP contribution in [0.5, 0.6) is 0 Å². The number of hydrogen-bond donors (Lipinski definition) is 1. The second-order valence-corrected chi connectivity index (χ2v) is 5.43. The largest absolute Gasteiger partial charge is 0.378 e. The van der Waals surface area contributed by atoms with Crippen LogP contribution in [0, 0.1) is 17.7 Å². The molecule has 16 heavy (non-hydrogen) atoms. The van der Waals surface area contributed by atoms with E-state index in [9.17, 15) is 4.39 Å². The number of anilines is 1. The molecule has 3 heteroatoms. The second kappa shape index (κ2) is 3.92. The van der Waals surface area contributed by atoms with Gasteiger partial charge in [-0.15, -0.1) is 0 Å². The number of benzene rings is 1. The summed E-state index contributed by atoms with van der Waals surface area (Å²) in [6.45, 7) is 0. The number of nitrogens with one attached hydrogen (secondary N) is 1. The molecule has 1 N–H and O–H groups in total. The molecule has 0 spiro atoms. The van der Waals surface area contributed by atoms with Gasteiger partial charge in [0.15, 0.2) is 0 Å². The number of para-hydroxylation sites is 1. The Morgan fingerprint density at radius 3 is 2.75 bits per heavy atom. The van der Waals surface area contributed by atoms with Gasteiger partial charge >= 0.3 is 0 Å². The molecule has 86 valence electrons. The molecule has 3 atom stereocenters. The molecule has 3 rings (SSSR count).